The summed E-state index contributed by atoms with van der Waals surface area (Å²) in [6.07, 6.45) is 2.01. The first-order valence-corrected chi connectivity index (χ1v) is 9.49. The summed E-state index contributed by atoms with van der Waals surface area (Å²) in [6, 6.07) is 19.9. The quantitative estimate of drug-likeness (QED) is 0.636. The lowest BCUT2D eigenvalue weighted by Gasteiger charge is -2.27. The van der Waals surface area contributed by atoms with Crippen LogP contribution in [0.1, 0.15) is 33.3 Å². The Hall–Kier alpha value is -3.60. The molecule has 146 valence electrons. The van der Waals surface area contributed by atoms with Crippen LogP contribution in [0.25, 0.3) is 0 Å². The van der Waals surface area contributed by atoms with Gasteiger partial charge in [0.2, 0.25) is 5.78 Å². The Morgan fingerprint density at radius 2 is 1.76 bits per heavy atom. The summed E-state index contributed by atoms with van der Waals surface area (Å²) in [7, 11) is 0. The molecule has 1 aliphatic heterocycles. The van der Waals surface area contributed by atoms with Gasteiger partial charge in [-0.3, -0.25) is 9.59 Å². The zero-order valence-corrected chi connectivity index (χ0v) is 16.0. The number of ketones is 1. The monoisotopic (exact) mass is 387 g/mol. The first kappa shape index (κ1) is 18.7. The molecular weight excluding hydrogens is 366 g/mol. The molecule has 0 spiro atoms. The molecule has 4 rings (SSSR count). The average Bonchev–Trinajstić information content (AvgIpc) is 3.36. The highest BCUT2D eigenvalue weighted by molar-refractivity contribution is 6.15. The van der Waals surface area contributed by atoms with Crippen LogP contribution in [-0.4, -0.2) is 28.2 Å². The van der Waals surface area contributed by atoms with E-state index in [-0.39, 0.29) is 11.3 Å². The maximum Gasteiger partial charge on any atom is 0.290 e. The van der Waals surface area contributed by atoms with E-state index in [1.54, 1.807) is 11.0 Å². The van der Waals surface area contributed by atoms with Crippen molar-refractivity contribution in [2.45, 2.75) is 19.4 Å². The highest BCUT2D eigenvalue weighted by Crippen LogP contribution is 2.39. The first-order valence-electron chi connectivity index (χ1n) is 9.49. The van der Waals surface area contributed by atoms with Crippen LogP contribution >= 0.6 is 0 Å². The van der Waals surface area contributed by atoms with Crippen molar-refractivity contribution in [1.29, 1.82) is 0 Å². The third kappa shape index (κ3) is 3.59. The van der Waals surface area contributed by atoms with Gasteiger partial charge < -0.3 is 14.4 Å². The molecule has 1 amide bonds. The van der Waals surface area contributed by atoms with Gasteiger partial charge >= 0.3 is 0 Å². The van der Waals surface area contributed by atoms with Gasteiger partial charge in [0.05, 0.1) is 17.9 Å². The van der Waals surface area contributed by atoms with E-state index in [9.17, 15) is 14.7 Å². The number of amides is 1. The fraction of sp³-hybridized carbons (Fsp3) is 0.167. The zero-order valence-electron chi connectivity index (χ0n) is 16.0. The first-order chi connectivity index (χ1) is 14.1. The Labute approximate surface area is 168 Å². The topological polar surface area (TPSA) is 70.7 Å². The Kier molecular flexibility index (Phi) is 5.04. The van der Waals surface area contributed by atoms with Gasteiger partial charge in [-0.1, -0.05) is 60.2 Å². The maximum atomic E-state index is 13.0. The second-order valence-electron chi connectivity index (χ2n) is 7.12. The molecule has 2 aromatic carbocycles. The molecular formula is C24H21NO4. The SMILES string of the molecule is Cc1ccc(C2C(C(=O)c3ccco3)=C(O)C(=O)N2CCc2ccccc2)cc1. The average molecular weight is 387 g/mol. The summed E-state index contributed by atoms with van der Waals surface area (Å²) >= 11 is 0. The summed E-state index contributed by atoms with van der Waals surface area (Å²) in [5, 5.41) is 10.6. The number of rotatable bonds is 6. The van der Waals surface area contributed by atoms with Crippen molar-refractivity contribution in [2.75, 3.05) is 6.54 Å². The van der Waals surface area contributed by atoms with Crippen LogP contribution < -0.4 is 0 Å². The highest BCUT2D eigenvalue weighted by atomic mass is 16.3. The van der Waals surface area contributed by atoms with Gasteiger partial charge in [0, 0.05) is 6.54 Å². The number of hydrogen-bond acceptors (Lipinski definition) is 4. The van der Waals surface area contributed by atoms with Crippen molar-refractivity contribution < 1.29 is 19.1 Å². The van der Waals surface area contributed by atoms with E-state index in [0.29, 0.717) is 13.0 Å². The molecule has 5 heteroatoms. The molecule has 1 atom stereocenters. The van der Waals surface area contributed by atoms with E-state index in [1.165, 1.54) is 12.3 Å². The van der Waals surface area contributed by atoms with Crippen LogP contribution in [0.15, 0.2) is 88.7 Å². The Morgan fingerprint density at radius 3 is 2.41 bits per heavy atom. The molecule has 0 bridgehead atoms. The number of nitrogens with zero attached hydrogens (tertiary/aromatic N) is 1. The second-order valence-corrected chi connectivity index (χ2v) is 7.12. The minimum Gasteiger partial charge on any atom is -0.503 e. The van der Waals surface area contributed by atoms with E-state index in [2.05, 4.69) is 0 Å². The lowest BCUT2D eigenvalue weighted by molar-refractivity contribution is -0.129. The number of benzene rings is 2. The fourth-order valence-corrected chi connectivity index (χ4v) is 3.65. The standard InChI is InChI=1S/C24H21NO4/c1-16-9-11-18(12-10-16)21-20(22(26)19-8-5-15-29-19)23(27)24(28)25(21)14-13-17-6-3-2-4-7-17/h2-12,15,21,27H,13-14H2,1H3. The number of Topliss-reactive ketones (excluding diaryl/α,β-unsaturated/α-hetero) is 1. The summed E-state index contributed by atoms with van der Waals surface area (Å²) < 4.78 is 5.23. The summed E-state index contributed by atoms with van der Waals surface area (Å²) in [5.74, 6) is -1.43. The molecule has 1 aromatic heterocycles. The molecule has 1 unspecified atom stereocenters. The predicted octanol–water partition coefficient (Wildman–Crippen LogP) is 4.41. The fourth-order valence-electron chi connectivity index (χ4n) is 3.65. The molecule has 0 aliphatic carbocycles. The van der Waals surface area contributed by atoms with Crippen LogP contribution in [0.2, 0.25) is 0 Å². The van der Waals surface area contributed by atoms with Gasteiger partial charge in [-0.05, 0) is 36.6 Å². The largest absolute Gasteiger partial charge is 0.503 e. The van der Waals surface area contributed by atoms with Gasteiger partial charge in [-0.25, -0.2) is 0 Å². The van der Waals surface area contributed by atoms with Crippen LogP contribution in [0.4, 0.5) is 0 Å². The van der Waals surface area contributed by atoms with Crippen LogP contribution in [-0.2, 0) is 11.2 Å². The maximum absolute atomic E-state index is 13.0. The molecule has 1 aliphatic rings. The molecule has 0 fully saturated rings. The molecule has 0 saturated carbocycles. The Bertz CT molecular complexity index is 1050. The van der Waals surface area contributed by atoms with Crippen molar-refractivity contribution >= 4 is 11.7 Å². The molecule has 0 radical (unpaired) electrons. The normalized spacial score (nSPS) is 16.5. The smallest absolute Gasteiger partial charge is 0.290 e. The van der Waals surface area contributed by atoms with Crippen LogP contribution in [0.5, 0.6) is 0 Å². The third-order valence-electron chi connectivity index (χ3n) is 5.17. The van der Waals surface area contributed by atoms with Crippen molar-refractivity contribution in [3.63, 3.8) is 0 Å². The van der Waals surface area contributed by atoms with E-state index < -0.39 is 23.5 Å². The van der Waals surface area contributed by atoms with Crippen molar-refractivity contribution in [3.8, 4) is 0 Å². The van der Waals surface area contributed by atoms with E-state index in [4.69, 9.17) is 4.42 Å². The lowest BCUT2D eigenvalue weighted by Crippen LogP contribution is -2.33. The van der Waals surface area contributed by atoms with E-state index in [1.807, 2.05) is 61.5 Å². The third-order valence-corrected chi connectivity index (χ3v) is 5.17. The Morgan fingerprint density at radius 1 is 1.03 bits per heavy atom. The molecule has 29 heavy (non-hydrogen) atoms. The molecule has 1 N–H and O–H groups in total. The number of aliphatic hydroxyl groups is 1. The summed E-state index contributed by atoms with van der Waals surface area (Å²) in [6.45, 7) is 2.35. The van der Waals surface area contributed by atoms with Gasteiger partial charge in [0.15, 0.2) is 11.5 Å². The van der Waals surface area contributed by atoms with Crippen molar-refractivity contribution in [3.05, 3.63) is 107 Å². The van der Waals surface area contributed by atoms with Gasteiger partial charge in [-0.2, -0.15) is 0 Å². The Balaban J connectivity index is 1.71. The van der Waals surface area contributed by atoms with Crippen molar-refractivity contribution in [2.24, 2.45) is 0 Å². The predicted molar refractivity (Wildman–Crippen MR) is 108 cm³/mol. The summed E-state index contributed by atoms with van der Waals surface area (Å²) in [5.41, 5.74) is 2.98. The zero-order chi connectivity index (χ0) is 20.4. The van der Waals surface area contributed by atoms with E-state index >= 15 is 0 Å². The number of furan rings is 1. The second kappa shape index (κ2) is 7.80. The van der Waals surface area contributed by atoms with Crippen molar-refractivity contribution in [1.82, 2.24) is 4.90 Å². The molecule has 0 saturated heterocycles. The van der Waals surface area contributed by atoms with Gasteiger partial charge in [0.1, 0.15) is 0 Å². The number of carbonyl (C=O) groups excluding carboxylic acids is 2. The van der Waals surface area contributed by atoms with Gasteiger partial charge in [-0.15, -0.1) is 0 Å². The molecule has 3 aromatic rings. The lowest BCUT2D eigenvalue weighted by atomic mass is 9.94. The van der Waals surface area contributed by atoms with Gasteiger partial charge in [0.25, 0.3) is 5.91 Å². The molecule has 2 heterocycles. The number of aryl methyl sites for hydroxylation is 1. The number of aliphatic hydroxyl groups excluding tert-OH is 1. The van der Waals surface area contributed by atoms with Crippen LogP contribution in [0, 0.1) is 6.92 Å². The minimum atomic E-state index is -0.663. The highest BCUT2D eigenvalue weighted by Gasteiger charge is 2.44. The number of hydrogen-bond donors (Lipinski definition) is 1. The van der Waals surface area contributed by atoms with Crippen LogP contribution in [0.3, 0.4) is 0 Å². The van der Waals surface area contributed by atoms with E-state index in [0.717, 1.165) is 16.7 Å². The summed E-state index contributed by atoms with van der Waals surface area (Å²) in [4.78, 5) is 27.5. The molecule has 5 nitrogen and oxygen atoms in total. The minimum absolute atomic E-state index is 0.0573. The number of carbonyl (C=O) groups is 2.